The highest BCUT2D eigenvalue weighted by Gasteiger charge is 2.65. The van der Waals surface area contributed by atoms with E-state index in [2.05, 4.69) is 25.3 Å². The molecule has 3 aliphatic rings. The van der Waals surface area contributed by atoms with Crippen LogP contribution in [-0.4, -0.2) is 49.0 Å². The largest absolute Gasteiger partial charge is 0.437 e. The van der Waals surface area contributed by atoms with Gasteiger partial charge in [0.1, 0.15) is 10.2 Å². The maximum Gasteiger partial charge on any atom is 0.437 e. The van der Waals surface area contributed by atoms with Crippen LogP contribution in [0.3, 0.4) is 0 Å². The van der Waals surface area contributed by atoms with Crippen LogP contribution in [-0.2, 0) is 10.2 Å². The normalized spacial score (nSPS) is 26.9. The van der Waals surface area contributed by atoms with E-state index >= 15 is 0 Å². The Balaban J connectivity index is 1.87. The Morgan fingerprint density at radius 1 is 1.30 bits per heavy atom. The Morgan fingerprint density at radius 2 is 1.96 bits per heavy atom. The molecule has 3 rings (SSSR count). The Labute approximate surface area is 161 Å². The van der Waals surface area contributed by atoms with Gasteiger partial charge >= 0.3 is 22.4 Å². The van der Waals surface area contributed by atoms with Gasteiger partial charge in [-0.1, -0.05) is 29.6 Å². The van der Waals surface area contributed by atoms with E-state index in [9.17, 15) is 26.4 Å². The molecule has 2 saturated heterocycles. The first-order chi connectivity index (χ1) is 12.5. The topological polar surface area (TPSA) is 116 Å². The lowest BCUT2D eigenvalue weighted by Gasteiger charge is -2.34. The minimum absolute atomic E-state index is 0.0211. The average molecular weight is 449 g/mol. The third-order valence-corrected chi connectivity index (χ3v) is 6.15. The molecule has 3 aliphatic heterocycles. The number of rotatable bonds is 4. The highest BCUT2D eigenvalue weighted by molar-refractivity contribution is 7.88. The van der Waals surface area contributed by atoms with E-state index in [1.165, 1.54) is 0 Å². The van der Waals surface area contributed by atoms with Crippen molar-refractivity contribution in [2.75, 3.05) is 6.54 Å². The number of amides is 2. The molecular weight excluding hydrogens is 436 g/mol. The van der Waals surface area contributed by atoms with Crippen molar-refractivity contribution in [2.45, 2.75) is 43.6 Å². The van der Waals surface area contributed by atoms with Gasteiger partial charge in [0.2, 0.25) is 0 Å². The van der Waals surface area contributed by atoms with E-state index in [1.807, 2.05) is 0 Å². The average Bonchev–Trinajstić information content (AvgIpc) is 3.24. The number of hydrogen-bond acceptors (Lipinski definition) is 5. The Hall–Kier alpha value is -1.44. The molecule has 1 atom stereocenters. The van der Waals surface area contributed by atoms with Crippen molar-refractivity contribution in [3.63, 3.8) is 0 Å². The number of nitrogens with one attached hydrogen (secondary N) is 2. The van der Waals surface area contributed by atoms with Crippen LogP contribution in [0.25, 0.3) is 0 Å². The van der Waals surface area contributed by atoms with E-state index in [1.54, 1.807) is 0 Å². The molecular formula is C12H13Cl2F3N6O3S. The summed E-state index contributed by atoms with van der Waals surface area (Å²) in [6, 6.07) is -1.78. The molecule has 2 fully saturated rings. The molecule has 9 nitrogen and oxygen atoms in total. The molecule has 0 aromatic heterocycles. The number of urea groups is 1. The van der Waals surface area contributed by atoms with Crippen molar-refractivity contribution in [2.24, 2.45) is 14.6 Å². The van der Waals surface area contributed by atoms with E-state index in [0.717, 1.165) is 4.31 Å². The number of hydrogen-bond donors (Lipinski definition) is 2. The smallest absolute Gasteiger partial charge is 0.302 e. The number of halogens is 5. The van der Waals surface area contributed by atoms with Crippen LogP contribution in [0.2, 0.25) is 0 Å². The number of carbonyl (C=O) groups excluding carboxylic acids is 1. The van der Waals surface area contributed by atoms with Crippen molar-refractivity contribution in [3.05, 3.63) is 10.2 Å². The number of carbonyl (C=O) groups is 1. The zero-order valence-electron chi connectivity index (χ0n) is 13.4. The van der Waals surface area contributed by atoms with Gasteiger partial charge in [0.15, 0.2) is 5.84 Å². The SMILES string of the molecule is O=C1NC(=NS(=O)(=O)N2CCCCC2CC2(C(F)(F)F)N=N2)C(=C(Cl)Cl)N1. The molecule has 1 unspecified atom stereocenters. The summed E-state index contributed by atoms with van der Waals surface area (Å²) < 4.78 is 68.7. The Kier molecular flexibility index (Phi) is 5.16. The standard InChI is InChI=1S/C12H13Cl2F3N6O3S/c13-8(14)7-9(19-10(24)18-7)20-27(25,26)23-4-2-1-3-6(23)5-11(21-22-11)12(15,16)17/h6H,1-5H2,(H2,18,19,20,24). The van der Waals surface area contributed by atoms with E-state index in [0.29, 0.717) is 12.8 Å². The van der Waals surface area contributed by atoms with Gasteiger partial charge in [-0.3, -0.25) is 5.32 Å². The fourth-order valence-corrected chi connectivity index (χ4v) is 4.59. The van der Waals surface area contributed by atoms with Crippen molar-refractivity contribution >= 4 is 45.3 Å². The van der Waals surface area contributed by atoms with Crippen LogP contribution in [0.15, 0.2) is 24.8 Å². The zero-order valence-corrected chi connectivity index (χ0v) is 15.8. The predicted molar refractivity (Wildman–Crippen MR) is 89.4 cm³/mol. The third kappa shape index (κ3) is 4.05. The van der Waals surface area contributed by atoms with E-state index < -0.39 is 50.9 Å². The lowest BCUT2D eigenvalue weighted by molar-refractivity contribution is -0.167. The fourth-order valence-electron chi connectivity index (χ4n) is 2.93. The number of piperidine rings is 1. The summed E-state index contributed by atoms with van der Waals surface area (Å²) in [5, 5.41) is 10.5. The summed E-state index contributed by atoms with van der Waals surface area (Å²) in [7, 11) is -4.43. The maximum absolute atomic E-state index is 13.1. The number of nitrogens with zero attached hydrogens (tertiary/aromatic N) is 4. The fraction of sp³-hybridized carbons (Fsp3) is 0.667. The van der Waals surface area contributed by atoms with Crippen LogP contribution in [0.4, 0.5) is 18.0 Å². The van der Waals surface area contributed by atoms with Gasteiger partial charge in [0, 0.05) is 19.0 Å². The van der Waals surface area contributed by atoms with Gasteiger partial charge in [0.05, 0.1) is 0 Å². The second-order valence-electron chi connectivity index (χ2n) is 6.11. The summed E-state index contributed by atoms with van der Waals surface area (Å²) in [6.45, 7) is -0.0211. The first-order valence-corrected chi connectivity index (χ1v) is 9.87. The minimum atomic E-state index is -4.70. The van der Waals surface area contributed by atoms with Crippen molar-refractivity contribution in [1.82, 2.24) is 14.9 Å². The number of amidine groups is 1. The molecule has 0 radical (unpaired) electrons. The quantitative estimate of drug-likeness (QED) is 0.687. The summed E-state index contributed by atoms with van der Waals surface area (Å²) in [4.78, 5) is 11.4. The molecule has 27 heavy (non-hydrogen) atoms. The van der Waals surface area contributed by atoms with E-state index in [-0.39, 0.29) is 18.7 Å². The molecule has 0 saturated carbocycles. The van der Waals surface area contributed by atoms with Gasteiger partial charge < -0.3 is 5.32 Å². The first kappa shape index (κ1) is 20.3. The maximum atomic E-state index is 13.1. The molecule has 0 spiro atoms. The van der Waals surface area contributed by atoms with Crippen LogP contribution in [0, 0.1) is 0 Å². The molecule has 2 N–H and O–H groups in total. The molecule has 15 heteroatoms. The monoisotopic (exact) mass is 448 g/mol. The highest BCUT2D eigenvalue weighted by Crippen LogP contribution is 2.49. The molecule has 0 bridgehead atoms. The van der Waals surface area contributed by atoms with Crippen molar-refractivity contribution < 1.29 is 26.4 Å². The van der Waals surface area contributed by atoms with Gasteiger partial charge in [-0.15, -0.1) is 14.6 Å². The molecule has 0 aliphatic carbocycles. The molecule has 2 amide bonds. The minimum Gasteiger partial charge on any atom is -0.302 e. The summed E-state index contributed by atoms with van der Waals surface area (Å²) in [5.41, 5.74) is -2.80. The summed E-state index contributed by atoms with van der Waals surface area (Å²) in [6.07, 6.45) is -4.10. The summed E-state index contributed by atoms with van der Waals surface area (Å²) in [5.74, 6) is -0.435. The van der Waals surface area contributed by atoms with Gasteiger partial charge in [-0.25, -0.2) is 4.79 Å². The van der Waals surface area contributed by atoms with Gasteiger partial charge in [-0.2, -0.15) is 25.9 Å². The summed E-state index contributed by atoms with van der Waals surface area (Å²) >= 11 is 11.2. The highest BCUT2D eigenvalue weighted by atomic mass is 35.5. The van der Waals surface area contributed by atoms with Crippen molar-refractivity contribution in [3.8, 4) is 0 Å². The van der Waals surface area contributed by atoms with Crippen molar-refractivity contribution in [1.29, 1.82) is 0 Å². The molecule has 0 aromatic rings. The Morgan fingerprint density at radius 3 is 2.52 bits per heavy atom. The predicted octanol–water partition coefficient (Wildman–Crippen LogP) is 2.56. The van der Waals surface area contributed by atoms with Crippen LogP contribution in [0.5, 0.6) is 0 Å². The zero-order chi connectivity index (χ0) is 20.0. The van der Waals surface area contributed by atoms with Crippen LogP contribution < -0.4 is 10.6 Å². The lowest BCUT2D eigenvalue weighted by atomic mass is 9.96. The molecule has 150 valence electrons. The number of alkyl halides is 3. The van der Waals surface area contributed by atoms with Crippen LogP contribution in [0.1, 0.15) is 25.7 Å². The molecule has 3 heterocycles. The van der Waals surface area contributed by atoms with Crippen LogP contribution >= 0.6 is 23.2 Å². The Bertz CT molecular complexity index is 847. The van der Waals surface area contributed by atoms with Gasteiger partial charge in [0.25, 0.3) is 5.66 Å². The lowest BCUT2D eigenvalue weighted by Crippen LogP contribution is -2.48. The van der Waals surface area contributed by atoms with E-state index in [4.69, 9.17) is 23.2 Å². The second-order valence-corrected chi connectivity index (χ2v) is 8.61. The second kappa shape index (κ2) is 6.87. The third-order valence-electron chi connectivity index (χ3n) is 4.29. The van der Waals surface area contributed by atoms with Gasteiger partial charge in [-0.05, 0) is 12.8 Å². The molecule has 0 aromatic carbocycles. The first-order valence-electron chi connectivity index (χ1n) is 7.71.